The molecule has 3 aromatic rings. The summed E-state index contributed by atoms with van der Waals surface area (Å²) in [5.41, 5.74) is 1.44. The maximum absolute atomic E-state index is 13.7. The van der Waals surface area contributed by atoms with E-state index in [1.54, 1.807) is 23.3 Å². The summed E-state index contributed by atoms with van der Waals surface area (Å²) in [6, 6.07) is 14.6. The molecular weight excluding hydrogens is 479 g/mol. The number of fused-ring (bicyclic) bond motifs is 1. The summed E-state index contributed by atoms with van der Waals surface area (Å²) in [6.07, 6.45) is 0.764. The molecule has 1 atom stereocenters. The molecule has 1 aliphatic heterocycles. The lowest BCUT2D eigenvalue weighted by molar-refractivity contribution is -0.135. The molecule has 0 aliphatic carbocycles. The zero-order chi connectivity index (χ0) is 25.7. The maximum atomic E-state index is 13.7. The second kappa shape index (κ2) is 11.6. The molecule has 2 amide bonds. The molecule has 1 unspecified atom stereocenters. The van der Waals surface area contributed by atoms with Crippen LogP contribution in [0.3, 0.4) is 0 Å². The predicted octanol–water partition coefficient (Wildman–Crippen LogP) is 5.20. The lowest BCUT2D eigenvalue weighted by atomic mass is 10.00. The third kappa shape index (κ3) is 5.87. The molecule has 0 bridgehead atoms. The molecule has 6 nitrogen and oxygen atoms in total. The van der Waals surface area contributed by atoms with Crippen LogP contribution in [-0.4, -0.2) is 55.0 Å². The molecular formula is C28H31FN2O4S. The van der Waals surface area contributed by atoms with Gasteiger partial charge in [-0.3, -0.25) is 9.59 Å². The number of amides is 2. The third-order valence-electron chi connectivity index (χ3n) is 6.17. The standard InChI is InChI=1S/C28H31FN2O4S/c1-19(2)16-30(28(33)20-8-10-21(29)11-9-20)17-27(32)31-14-12-26-22(13-15-36-26)23(31)18-35-25-7-5-4-6-24(25)34-3/h4-11,13,15,19,23H,12,14,16-18H2,1-3H3. The van der Waals surface area contributed by atoms with Crippen molar-refractivity contribution in [1.82, 2.24) is 9.80 Å². The minimum atomic E-state index is -0.407. The monoisotopic (exact) mass is 510 g/mol. The molecule has 2 aromatic carbocycles. The van der Waals surface area contributed by atoms with E-state index >= 15 is 0 Å². The summed E-state index contributed by atoms with van der Waals surface area (Å²) in [5, 5.41) is 2.04. The van der Waals surface area contributed by atoms with Crippen molar-refractivity contribution < 1.29 is 23.5 Å². The van der Waals surface area contributed by atoms with E-state index in [4.69, 9.17) is 9.47 Å². The number of carbonyl (C=O) groups excluding carboxylic acids is 2. The van der Waals surface area contributed by atoms with Gasteiger partial charge in [0.2, 0.25) is 5.91 Å². The van der Waals surface area contributed by atoms with Gasteiger partial charge in [0.15, 0.2) is 11.5 Å². The summed E-state index contributed by atoms with van der Waals surface area (Å²) in [7, 11) is 1.59. The number of methoxy groups -OCH3 is 1. The Morgan fingerprint density at radius 3 is 2.53 bits per heavy atom. The van der Waals surface area contributed by atoms with E-state index in [-0.39, 0.29) is 36.9 Å². The van der Waals surface area contributed by atoms with Crippen molar-refractivity contribution in [3.05, 3.63) is 81.8 Å². The highest BCUT2D eigenvalue weighted by atomic mass is 32.1. The summed E-state index contributed by atoms with van der Waals surface area (Å²) in [6.45, 7) is 5.18. The minimum Gasteiger partial charge on any atom is -0.493 e. The van der Waals surface area contributed by atoms with Gasteiger partial charge in [-0.25, -0.2) is 4.39 Å². The van der Waals surface area contributed by atoms with Crippen LogP contribution < -0.4 is 9.47 Å². The number of ether oxygens (including phenoxy) is 2. The number of carbonyl (C=O) groups is 2. The molecule has 0 spiro atoms. The number of benzene rings is 2. The number of halogens is 1. The van der Waals surface area contributed by atoms with Gasteiger partial charge < -0.3 is 19.3 Å². The second-order valence-corrected chi connectivity index (χ2v) is 10.2. The van der Waals surface area contributed by atoms with E-state index < -0.39 is 5.82 Å². The number of rotatable bonds is 9. The number of nitrogens with zero attached hydrogens (tertiary/aromatic N) is 2. The molecule has 36 heavy (non-hydrogen) atoms. The fraction of sp³-hybridized carbons (Fsp3) is 0.357. The van der Waals surface area contributed by atoms with E-state index in [1.807, 2.05) is 54.5 Å². The maximum Gasteiger partial charge on any atom is 0.254 e. The van der Waals surface area contributed by atoms with E-state index in [2.05, 4.69) is 0 Å². The third-order valence-corrected chi connectivity index (χ3v) is 7.17. The highest BCUT2D eigenvalue weighted by Gasteiger charge is 2.34. The zero-order valence-electron chi connectivity index (χ0n) is 20.8. The van der Waals surface area contributed by atoms with Gasteiger partial charge >= 0.3 is 0 Å². The average molecular weight is 511 g/mol. The van der Waals surface area contributed by atoms with E-state index in [0.717, 1.165) is 12.0 Å². The van der Waals surface area contributed by atoms with Gasteiger partial charge in [0.1, 0.15) is 19.0 Å². The average Bonchev–Trinajstić information content (AvgIpc) is 3.36. The molecule has 0 radical (unpaired) electrons. The summed E-state index contributed by atoms with van der Waals surface area (Å²) < 4.78 is 24.9. The Kier molecular flexibility index (Phi) is 8.25. The Balaban J connectivity index is 1.54. The lowest BCUT2D eigenvalue weighted by Gasteiger charge is -2.37. The molecule has 1 aromatic heterocycles. The first-order chi connectivity index (χ1) is 17.4. The Morgan fingerprint density at radius 2 is 1.83 bits per heavy atom. The van der Waals surface area contributed by atoms with Crippen molar-refractivity contribution in [1.29, 1.82) is 0 Å². The number of hydrogen-bond acceptors (Lipinski definition) is 5. The highest BCUT2D eigenvalue weighted by Crippen LogP contribution is 2.35. The van der Waals surface area contributed by atoms with Gasteiger partial charge in [0.25, 0.3) is 5.91 Å². The normalized spacial score (nSPS) is 14.9. The topological polar surface area (TPSA) is 59.1 Å². The van der Waals surface area contributed by atoms with Crippen molar-refractivity contribution in [2.75, 3.05) is 33.4 Å². The van der Waals surface area contributed by atoms with Gasteiger partial charge in [0.05, 0.1) is 13.2 Å². The van der Waals surface area contributed by atoms with Crippen LogP contribution in [0.4, 0.5) is 4.39 Å². The smallest absolute Gasteiger partial charge is 0.254 e. The molecule has 8 heteroatoms. The molecule has 0 fully saturated rings. The molecule has 190 valence electrons. The number of thiophene rings is 1. The SMILES string of the molecule is COc1ccccc1OCC1c2ccsc2CCN1C(=O)CN(CC(C)C)C(=O)c1ccc(F)cc1. The fourth-order valence-electron chi connectivity index (χ4n) is 4.47. The van der Waals surface area contributed by atoms with Crippen LogP contribution in [-0.2, 0) is 11.2 Å². The molecule has 2 heterocycles. The second-order valence-electron chi connectivity index (χ2n) is 9.20. The quantitative estimate of drug-likeness (QED) is 0.397. The molecule has 0 saturated carbocycles. The number of para-hydroxylation sites is 2. The first-order valence-electron chi connectivity index (χ1n) is 12.0. The first kappa shape index (κ1) is 25.7. The van der Waals surface area contributed by atoms with Gasteiger partial charge in [-0.1, -0.05) is 26.0 Å². The molecule has 1 aliphatic rings. The zero-order valence-corrected chi connectivity index (χ0v) is 21.6. The van der Waals surface area contributed by atoms with Gasteiger partial charge in [-0.2, -0.15) is 0 Å². The van der Waals surface area contributed by atoms with Crippen LogP contribution in [0.15, 0.2) is 60.0 Å². The molecule has 4 rings (SSSR count). The van der Waals surface area contributed by atoms with Crippen molar-refractivity contribution in [2.45, 2.75) is 26.3 Å². The van der Waals surface area contributed by atoms with Crippen LogP contribution in [0.5, 0.6) is 11.5 Å². The van der Waals surface area contributed by atoms with Crippen LogP contribution in [0.2, 0.25) is 0 Å². The molecule has 0 N–H and O–H groups in total. The van der Waals surface area contributed by atoms with Crippen LogP contribution in [0.25, 0.3) is 0 Å². The van der Waals surface area contributed by atoms with Crippen LogP contribution in [0, 0.1) is 11.7 Å². The Labute approximate surface area is 215 Å². The van der Waals surface area contributed by atoms with Gasteiger partial charge in [0, 0.05) is 23.5 Å². The summed E-state index contributed by atoms with van der Waals surface area (Å²) in [5.74, 6) is 0.573. The van der Waals surface area contributed by atoms with Crippen molar-refractivity contribution >= 4 is 23.2 Å². The predicted molar refractivity (Wildman–Crippen MR) is 138 cm³/mol. The fourth-order valence-corrected chi connectivity index (χ4v) is 5.40. The Morgan fingerprint density at radius 1 is 1.11 bits per heavy atom. The van der Waals surface area contributed by atoms with Crippen LogP contribution in [0.1, 0.15) is 40.7 Å². The summed E-state index contributed by atoms with van der Waals surface area (Å²) >= 11 is 1.68. The largest absolute Gasteiger partial charge is 0.493 e. The van der Waals surface area contributed by atoms with E-state index in [9.17, 15) is 14.0 Å². The minimum absolute atomic E-state index is 0.0565. The Hall–Kier alpha value is -3.39. The highest BCUT2D eigenvalue weighted by molar-refractivity contribution is 7.10. The van der Waals surface area contributed by atoms with E-state index in [1.165, 1.54) is 29.1 Å². The Bertz CT molecular complexity index is 1190. The van der Waals surface area contributed by atoms with Crippen molar-refractivity contribution in [2.24, 2.45) is 5.92 Å². The van der Waals surface area contributed by atoms with Crippen LogP contribution >= 0.6 is 11.3 Å². The van der Waals surface area contributed by atoms with E-state index in [0.29, 0.717) is 30.2 Å². The molecule has 0 saturated heterocycles. The van der Waals surface area contributed by atoms with Crippen molar-refractivity contribution in [3.63, 3.8) is 0 Å². The summed E-state index contributed by atoms with van der Waals surface area (Å²) in [4.78, 5) is 31.5. The first-order valence-corrected chi connectivity index (χ1v) is 12.9. The van der Waals surface area contributed by atoms with Gasteiger partial charge in [-0.05, 0) is 65.7 Å². The number of hydrogen-bond donors (Lipinski definition) is 0. The van der Waals surface area contributed by atoms with Crippen molar-refractivity contribution in [3.8, 4) is 11.5 Å². The lowest BCUT2D eigenvalue weighted by Crippen LogP contribution is -2.48. The van der Waals surface area contributed by atoms with Gasteiger partial charge in [-0.15, -0.1) is 11.3 Å².